The summed E-state index contributed by atoms with van der Waals surface area (Å²) in [6.07, 6.45) is 4.74. The van der Waals surface area contributed by atoms with Crippen molar-refractivity contribution in [1.29, 1.82) is 5.41 Å². The summed E-state index contributed by atoms with van der Waals surface area (Å²) in [4.78, 5) is 15.4. The van der Waals surface area contributed by atoms with Gasteiger partial charge in [-0.3, -0.25) is 5.41 Å². The van der Waals surface area contributed by atoms with E-state index in [0.717, 1.165) is 11.1 Å². The number of imidazole rings is 1. The van der Waals surface area contributed by atoms with Crippen molar-refractivity contribution in [2.45, 2.75) is 0 Å². The van der Waals surface area contributed by atoms with E-state index in [1.54, 1.807) is 24.5 Å². The normalized spacial score (nSPS) is 11.0. The Morgan fingerprint density at radius 1 is 1.22 bits per heavy atom. The Morgan fingerprint density at radius 2 is 2.09 bits per heavy atom. The van der Waals surface area contributed by atoms with Gasteiger partial charge in [0.25, 0.3) is 0 Å². The van der Waals surface area contributed by atoms with Gasteiger partial charge in [-0.15, -0.1) is 5.11 Å². The van der Waals surface area contributed by atoms with Gasteiger partial charge in [0.15, 0.2) is 5.84 Å². The Morgan fingerprint density at radius 3 is 2.78 bits per heavy atom. The minimum atomic E-state index is -0.144. The van der Waals surface area contributed by atoms with Crippen molar-refractivity contribution < 1.29 is 0 Å². The highest BCUT2D eigenvalue weighted by Crippen LogP contribution is 2.29. The van der Waals surface area contributed by atoms with Crippen LogP contribution < -0.4 is 5.84 Å². The lowest BCUT2D eigenvalue weighted by molar-refractivity contribution is 1.06. The van der Waals surface area contributed by atoms with Gasteiger partial charge in [-0.25, -0.2) is 15.0 Å². The van der Waals surface area contributed by atoms with Crippen LogP contribution in [0.15, 0.2) is 53.3 Å². The molecule has 2 aromatic heterocycles. The Labute approximate surface area is 136 Å². The Hall–Kier alpha value is -3.13. The first-order valence-electron chi connectivity index (χ1n) is 6.50. The van der Waals surface area contributed by atoms with Crippen molar-refractivity contribution in [3.05, 3.63) is 53.7 Å². The van der Waals surface area contributed by atoms with Crippen LogP contribution in [0.3, 0.4) is 0 Å². The van der Waals surface area contributed by atoms with Crippen LogP contribution in [0.4, 0.5) is 0 Å². The number of nitrogens with one attached hydrogen (secondary N) is 2. The first-order chi connectivity index (χ1) is 11.2. The summed E-state index contributed by atoms with van der Waals surface area (Å²) in [5, 5.41) is 14.8. The number of nitrogens with zero attached hydrogens (tertiary/aromatic N) is 5. The topological polar surface area (TPSA) is 129 Å². The molecule has 3 aromatic rings. The van der Waals surface area contributed by atoms with Crippen LogP contribution in [-0.4, -0.2) is 25.8 Å². The highest BCUT2D eigenvalue weighted by atomic mass is 35.5. The van der Waals surface area contributed by atoms with Gasteiger partial charge in [-0.2, -0.15) is 0 Å². The van der Waals surface area contributed by atoms with E-state index in [4.69, 9.17) is 22.9 Å². The van der Waals surface area contributed by atoms with E-state index in [9.17, 15) is 0 Å². The fourth-order valence-corrected chi connectivity index (χ4v) is 2.30. The number of halogens is 1. The largest absolute Gasteiger partial charge is 0.345 e. The molecule has 0 unspecified atom stereocenters. The van der Waals surface area contributed by atoms with E-state index in [0.29, 0.717) is 22.2 Å². The molecule has 0 aliphatic rings. The highest BCUT2D eigenvalue weighted by molar-refractivity contribution is 6.33. The molecule has 0 amide bonds. The second-order valence-electron chi connectivity index (χ2n) is 4.48. The molecule has 0 radical (unpaired) electrons. The van der Waals surface area contributed by atoms with Gasteiger partial charge >= 0.3 is 0 Å². The standard InChI is InChI=1S/C14H11ClN8/c15-10-5-8(1-2-9(10)14-18-3-4-19-14)11-6-12(21-7-20-11)13(16)22-23-17/h1-7H,(H,18,19)(H3,16,17,22). The van der Waals surface area contributed by atoms with E-state index < -0.39 is 0 Å². The van der Waals surface area contributed by atoms with Crippen LogP contribution in [0.25, 0.3) is 22.6 Å². The Balaban J connectivity index is 1.98. The number of H-pyrrole nitrogens is 1. The molecular formula is C14H11ClN8. The lowest BCUT2D eigenvalue weighted by Gasteiger charge is -2.06. The van der Waals surface area contributed by atoms with Crippen LogP contribution in [0.5, 0.6) is 0 Å². The van der Waals surface area contributed by atoms with E-state index >= 15 is 0 Å². The molecule has 0 spiro atoms. The molecular weight excluding hydrogens is 316 g/mol. The molecule has 0 saturated heterocycles. The van der Waals surface area contributed by atoms with Crippen LogP contribution in [0, 0.1) is 5.41 Å². The molecule has 8 nitrogen and oxygen atoms in total. The summed E-state index contributed by atoms with van der Waals surface area (Å²) in [6, 6.07) is 7.11. The maximum atomic E-state index is 7.69. The number of amidine groups is 1. The van der Waals surface area contributed by atoms with Crippen LogP contribution in [-0.2, 0) is 0 Å². The molecule has 0 bridgehead atoms. The number of aromatic amines is 1. The number of aromatic nitrogens is 4. The average Bonchev–Trinajstić information content (AvgIpc) is 3.09. The van der Waals surface area contributed by atoms with Crippen LogP contribution in [0.1, 0.15) is 5.69 Å². The fourth-order valence-electron chi connectivity index (χ4n) is 2.03. The second kappa shape index (κ2) is 6.32. The lowest BCUT2D eigenvalue weighted by atomic mass is 10.1. The van der Waals surface area contributed by atoms with Gasteiger partial charge in [0.05, 0.1) is 10.7 Å². The van der Waals surface area contributed by atoms with Gasteiger partial charge in [-0.1, -0.05) is 22.9 Å². The van der Waals surface area contributed by atoms with Crippen LogP contribution in [0.2, 0.25) is 5.02 Å². The first-order valence-corrected chi connectivity index (χ1v) is 6.88. The van der Waals surface area contributed by atoms with E-state index in [2.05, 4.69) is 30.3 Å². The highest BCUT2D eigenvalue weighted by Gasteiger charge is 2.10. The van der Waals surface area contributed by atoms with Gasteiger partial charge in [0.2, 0.25) is 0 Å². The number of hydrogen-bond acceptors (Lipinski definition) is 5. The Kier molecular flexibility index (Phi) is 4.07. The predicted molar refractivity (Wildman–Crippen MR) is 85.9 cm³/mol. The molecule has 3 rings (SSSR count). The monoisotopic (exact) mass is 326 g/mol. The predicted octanol–water partition coefficient (Wildman–Crippen LogP) is 2.84. The number of nitrogens with two attached hydrogens (primary N) is 1. The van der Waals surface area contributed by atoms with Crippen molar-refractivity contribution in [2.24, 2.45) is 16.2 Å². The van der Waals surface area contributed by atoms with E-state index in [1.165, 1.54) is 6.33 Å². The van der Waals surface area contributed by atoms with Crippen molar-refractivity contribution in [3.8, 4) is 22.6 Å². The molecule has 0 saturated carbocycles. The molecule has 0 aliphatic carbocycles. The maximum Gasteiger partial charge on any atom is 0.194 e. The number of benzene rings is 1. The van der Waals surface area contributed by atoms with Crippen molar-refractivity contribution in [3.63, 3.8) is 0 Å². The van der Waals surface area contributed by atoms with Gasteiger partial charge in [0, 0.05) is 23.5 Å². The molecule has 9 heteroatoms. The van der Waals surface area contributed by atoms with Crippen molar-refractivity contribution in [1.82, 2.24) is 19.9 Å². The fraction of sp³-hybridized carbons (Fsp3) is 0. The minimum Gasteiger partial charge on any atom is -0.345 e. The number of hydrogen-bond donors (Lipinski definition) is 3. The second-order valence-corrected chi connectivity index (χ2v) is 4.89. The number of rotatable bonds is 3. The maximum absolute atomic E-state index is 7.69. The zero-order valence-corrected chi connectivity index (χ0v) is 12.5. The van der Waals surface area contributed by atoms with Crippen molar-refractivity contribution in [2.75, 3.05) is 0 Å². The third-order valence-electron chi connectivity index (χ3n) is 3.09. The molecule has 0 aliphatic heterocycles. The third kappa shape index (κ3) is 3.06. The first kappa shape index (κ1) is 14.8. The lowest BCUT2D eigenvalue weighted by Crippen LogP contribution is -2.00. The summed E-state index contributed by atoms with van der Waals surface area (Å²) in [5.41, 5.74) is 2.50. The van der Waals surface area contributed by atoms with Gasteiger partial charge in [-0.05, 0) is 18.2 Å². The Bertz CT molecular complexity index is 872. The minimum absolute atomic E-state index is 0.144. The SMILES string of the molecule is N=C(N=NN)c1cc(-c2ccc(-c3ncc[nH]3)c(Cl)c2)ncn1. The molecule has 0 fully saturated rings. The van der Waals surface area contributed by atoms with Gasteiger partial charge in [0.1, 0.15) is 17.8 Å². The molecule has 23 heavy (non-hydrogen) atoms. The summed E-state index contributed by atoms with van der Waals surface area (Å²) < 4.78 is 0. The summed E-state index contributed by atoms with van der Waals surface area (Å²) in [7, 11) is 0. The molecule has 0 atom stereocenters. The van der Waals surface area contributed by atoms with Gasteiger partial charge < -0.3 is 10.8 Å². The van der Waals surface area contributed by atoms with Crippen LogP contribution >= 0.6 is 11.6 Å². The van der Waals surface area contributed by atoms with Crippen molar-refractivity contribution >= 4 is 17.4 Å². The summed E-state index contributed by atoms with van der Waals surface area (Å²) in [5.74, 6) is 5.49. The zero-order valence-electron chi connectivity index (χ0n) is 11.7. The quantitative estimate of drug-likeness (QED) is 0.224. The molecule has 4 N–H and O–H groups in total. The zero-order chi connectivity index (χ0) is 16.2. The molecule has 1 aromatic carbocycles. The summed E-state index contributed by atoms with van der Waals surface area (Å²) in [6.45, 7) is 0. The average molecular weight is 327 g/mol. The molecule has 2 heterocycles. The summed E-state index contributed by atoms with van der Waals surface area (Å²) >= 11 is 6.33. The van der Waals surface area contributed by atoms with E-state index in [1.807, 2.05) is 12.1 Å². The molecule has 114 valence electrons. The smallest absolute Gasteiger partial charge is 0.194 e. The van der Waals surface area contributed by atoms with E-state index in [-0.39, 0.29) is 5.84 Å². The third-order valence-corrected chi connectivity index (χ3v) is 3.40.